The fraction of sp³-hybridized carbons (Fsp3) is 0.750. The number of nitrogens with zero attached hydrogens (tertiary/aromatic N) is 3. The standard InChI is InChI=1S/C12H23N3O4/c1-6-15(9(2)7-11(17)18)12(19)14(5)8-10(16)13(3)4/h9H,6-8H2,1-5H3,(H,17,18). The third-order valence-electron chi connectivity index (χ3n) is 2.79. The highest BCUT2D eigenvalue weighted by Gasteiger charge is 2.24. The number of hydrogen-bond acceptors (Lipinski definition) is 3. The Balaban J connectivity index is 4.65. The zero-order valence-electron chi connectivity index (χ0n) is 12.2. The van der Waals surface area contributed by atoms with E-state index in [1.807, 2.05) is 0 Å². The van der Waals surface area contributed by atoms with E-state index in [1.165, 1.54) is 21.7 Å². The number of carboxylic acid groups (broad SMARTS) is 1. The second-order valence-corrected chi connectivity index (χ2v) is 4.66. The summed E-state index contributed by atoms with van der Waals surface area (Å²) in [6, 6.07) is -0.752. The van der Waals surface area contributed by atoms with E-state index in [4.69, 9.17) is 5.11 Å². The van der Waals surface area contributed by atoms with Crippen LogP contribution in [-0.4, -0.2) is 78.0 Å². The van der Waals surface area contributed by atoms with Gasteiger partial charge in [-0.05, 0) is 13.8 Å². The lowest BCUT2D eigenvalue weighted by Gasteiger charge is -2.31. The van der Waals surface area contributed by atoms with E-state index in [0.29, 0.717) is 6.54 Å². The first-order chi connectivity index (χ1) is 8.70. The molecule has 0 aliphatic rings. The quantitative estimate of drug-likeness (QED) is 0.755. The van der Waals surface area contributed by atoms with Crippen LogP contribution in [0, 0.1) is 0 Å². The lowest BCUT2D eigenvalue weighted by Crippen LogP contribution is -2.48. The second kappa shape index (κ2) is 7.60. The van der Waals surface area contributed by atoms with Crippen molar-refractivity contribution in [2.75, 3.05) is 34.2 Å². The molecule has 0 aromatic heterocycles. The number of rotatable bonds is 6. The van der Waals surface area contributed by atoms with Crippen LogP contribution >= 0.6 is 0 Å². The average molecular weight is 273 g/mol. The summed E-state index contributed by atoms with van der Waals surface area (Å²) in [6.45, 7) is 3.82. The van der Waals surface area contributed by atoms with Crippen LogP contribution in [0.3, 0.4) is 0 Å². The average Bonchev–Trinajstić information content (AvgIpc) is 2.28. The SMILES string of the molecule is CCN(C(=O)N(C)CC(=O)N(C)C)C(C)CC(=O)O. The Morgan fingerprint density at radius 2 is 1.68 bits per heavy atom. The summed E-state index contributed by atoms with van der Waals surface area (Å²) in [4.78, 5) is 38.5. The van der Waals surface area contributed by atoms with E-state index in [-0.39, 0.29) is 24.9 Å². The van der Waals surface area contributed by atoms with E-state index in [1.54, 1.807) is 27.9 Å². The molecule has 0 rings (SSSR count). The van der Waals surface area contributed by atoms with Crippen LogP contribution < -0.4 is 0 Å². The normalized spacial score (nSPS) is 11.6. The van der Waals surface area contributed by atoms with E-state index < -0.39 is 12.0 Å². The zero-order chi connectivity index (χ0) is 15.2. The molecule has 0 heterocycles. The molecule has 0 spiro atoms. The molecular weight excluding hydrogens is 250 g/mol. The number of urea groups is 1. The molecule has 7 nitrogen and oxygen atoms in total. The van der Waals surface area contributed by atoms with Crippen molar-refractivity contribution in [2.24, 2.45) is 0 Å². The number of carboxylic acids is 1. The fourth-order valence-electron chi connectivity index (χ4n) is 1.63. The summed E-state index contributed by atoms with van der Waals surface area (Å²) in [5.41, 5.74) is 0. The van der Waals surface area contributed by atoms with Crippen molar-refractivity contribution >= 4 is 17.9 Å². The maximum atomic E-state index is 12.1. The van der Waals surface area contributed by atoms with Gasteiger partial charge < -0.3 is 19.8 Å². The largest absolute Gasteiger partial charge is 0.481 e. The Hall–Kier alpha value is -1.79. The lowest BCUT2D eigenvalue weighted by atomic mass is 10.2. The third-order valence-corrected chi connectivity index (χ3v) is 2.79. The smallest absolute Gasteiger partial charge is 0.320 e. The highest BCUT2D eigenvalue weighted by Crippen LogP contribution is 2.07. The molecule has 3 amide bonds. The minimum Gasteiger partial charge on any atom is -0.481 e. The van der Waals surface area contributed by atoms with Crippen molar-refractivity contribution in [3.05, 3.63) is 0 Å². The van der Waals surface area contributed by atoms with E-state index in [2.05, 4.69) is 0 Å². The molecule has 0 aliphatic heterocycles. The summed E-state index contributed by atoms with van der Waals surface area (Å²) < 4.78 is 0. The maximum absolute atomic E-state index is 12.1. The summed E-state index contributed by atoms with van der Waals surface area (Å²) >= 11 is 0. The molecule has 1 unspecified atom stereocenters. The number of aliphatic carboxylic acids is 1. The molecule has 0 saturated carbocycles. The molecule has 1 atom stereocenters. The Labute approximate surface area is 113 Å². The molecule has 0 radical (unpaired) electrons. The first-order valence-electron chi connectivity index (χ1n) is 6.14. The molecule has 0 aliphatic carbocycles. The van der Waals surface area contributed by atoms with Crippen LogP contribution in [0.1, 0.15) is 20.3 Å². The Bertz CT molecular complexity index is 344. The van der Waals surface area contributed by atoms with Gasteiger partial charge in [0, 0.05) is 33.7 Å². The summed E-state index contributed by atoms with van der Waals surface area (Å²) in [7, 11) is 4.76. The molecule has 0 saturated heterocycles. The van der Waals surface area contributed by atoms with E-state index in [0.717, 1.165) is 0 Å². The van der Waals surface area contributed by atoms with Crippen LogP contribution in [0.2, 0.25) is 0 Å². The predicted octanol–water partition coefficient (Wildman–Crippen LogP) is 0.312. The van der Waals surface area contributed by atoms with Crippen LogP contribution in [0.25, 0.3) is 0 Å². The number of amides is 3. The highest BCUT2D eigenvalue weighted by atomic mass is 16.4. The monoisotopic (exact) mass is 273 g/mol. The van der Waals surface area contributed by atoms with Crippen molar-refractivity contribution in [1.29, 1.82) is 0 Å². The molecule has 0 aromatic rings. The first-order valence-corrected chi connectivity index (χ1v) is 6.14. The highest BCUT2D eigenvalue weighted by molar-refractivity contribution is 5.84. The van der Waals surface area contributed by atoms with Crippen molar-refractivity contribution in [1.82, 2.24) is 14.7 Å². The molecule has 7 heteroatoms. The van der Waals surface area contributed by atoms with Crippen molar-refractivity contribution in [3.63, 3.8) is 0 Å². The zero-order valence-corrected chi connectivity index (χ0v) is 12.2. The minimum atomic E-state index is -0.953. The van der Waals surface area contributed by atoms with Gasteiger partial charge in [0.25, 0.3) is 0 Å². The molecular formula is C12H23N3O4. The number of carbonyl (C=O) groups is 3. The van der Waals surface area contributed by atoms with Crippen molar-refractivity contribution in [3.8, 4) is 0 Å². The van der Waals surface area contributed by atoms with Gasteiger partial charge in [0.15, 0.2) is 0 Å². The van der Waals surface area contributed by atoms with Crippen LogP contribution in [0.4, 0.5) is 4.79 Å². The summed E-state index contributed by atoms with van der Waals surface area (Å²) in [5, 5.41) is 8.75. The lowest BCUT2D eigenvalue weighted by molar-refractivity contribution is -0.138. The summed E-state index contributed by atoms with van der Waals surface area (Å²) in [5.74, 6) is -1.14. The Kier molecular flexibility index (Phi) is 6.89. The van der Waals surface area contributed by atoms with Gasteiger partial charge in [0.1, 0.15) is 6.54 Å². The van der Waals surface area contributed by atoms with Gasteiger partial charge in [-0.15, -0.1) is 0 Å². The Morgan fingerprint density at radius 1 is 1.16 bits per heavy atom. The van der Waals surface area contributed by atoms with Crippen molar-refractivity contribution < 1.29 is 19.5 Å². The third kappa shape index (κ3) is 5.58. The maximum Gasteiger partial charge on any atom is 0.320 e. The van der Waals surface area contributed by atoms with Gasteiger partial charge in [-0.2, -0.15) is 0 Å². The first kappa shape index (κ1) is 17.2. The van der Waals surface area contributed by atoms with Crippen LogP contribution in [-0.2, 0) is 9.59 Å². The minimum absolute atomic E-state index is 0.0257. The van der Waals surface area contributed by atoms with Gasteiger partial charge in [0.05, 0.1) is 6.42 Å². The molecule has 0 bridgehead atoms. The molecule has 0 fully saturated rings. The fourth-order valence-corrected chi connectivity index (χ4v) is 1.63. The van der Waals surface area contributed by atoms with Gasteiger partial charge in [0.2, 0.25) is 5.91 Å². The summed E-state index contributed by atoms with van der Waals surface area (Å²) in [6.07, 6.45) is -0.116. The molecule has 1 N–H and O–H groups in total. The van der Waals surface area contributed by atoms with Gasteiger partial charge in [-0.3, -0.25) is 9.59 Å². The van der Waals surface area contributed by atoms with Crippen molar-refractivity contribution in [2.45, 2.75) is 26.3 Å². The Morgan fingerprint density at radius 3 is 2.05 bits per heavy atom. The van der Waals surface area contributed by atoms with E-state index >= 15 is 0 Å². The molecule has 110 valence electrons. The van der Waals surface area contributed by atoms with Gasteiger partial charge in [-0.25, -0.2) is 4.79 Å². The molecule has 0 aromatic carbocycles. The van der Waals surface area contributed by atoms with E-state index in [9.17, 15) is 14.4 Å². The van der Waals surface area contributed by atoms with Gasteiger partial charge >= 0.3 is 12.0 Å². The molecule has 19 heavy (non-hydrogen) atoms. The topological polar surface area (TPSA) is 81.2 Å². The van der Waals surface area contributed by atoms with Gasteiger partial charge in [-0.1, -0.05) is 0 Å². The van der Waals surface area contributed by atoms with Crippen LogP contribution in [0.5, 0.6) is 0 Å². The van der Waals surface area contributed by atoms with Crippen LogP contribution in [0.15, 0.2) is 0 Å². The second-order valence-electron chi connectivity index (χ2n) is 4.66. The predicted molar refractivity (Wildman–Crippen MR) is 70.8 cm³/mol. The number of carbonyl (C=O) groups excluding carboxylic acids is 2. The number of hydrogen-bond donors (Lipinski definition) is 1. The number of likely N-dealkylation sites (N-methyl/N-ethyl adjacent to an activating group) is 2.